The van der Waals surface area contributed by atoms with Crippen LogP contribution in [0.15, 0.2) is 40.8 Å². The second-order valence-electron chi connectivity index (χ2n) is 7.81. The van der Waals surface area contributed by atoms with E-state index in [-0.39, 0.29) is 0 Å². The van der Waals surface area contributed by atoms with E-state index >= 15 is 0 Å². The number of carboxylic acid groups (broad SMARTS) is 1. The molecule has 1 aromatic heterocycles. The zero-order valence-electron chi connectivity index (χ0n) is 15.7. The molecule has 1 saturated heterocycles. The monoisotopic (exact) mass is 411 g/mol. The number of nitriles is 1. The number of halogens is 1. The average Bonchev–Trinajstić information content (AvgIpc) is 3.15. The number of furan rings is 1. The Kier molecular flexibility index (Phi) is 3.71. The van der Waals surface area contributed by atoms with Crippen LogP contribution < -0.4 is 4.74 Å². The molecule has 5 rings (SSSR count). The van der Waals surface area contributed by atoms with Crippen LogP contribution >= 0.6 is 11.6 Å². The Labute approximate surface area is 171 Å². The van der Waals surface area contributed by atoms with Crippen molar-refractivity contribution in [1.29, 1.82) is 5.26 Å². The van der Waals surface area contributed by atoms with Crippen LogP contribution in [-0.2, 0) is 14.9 Å². The molecule has 2 fully saturated rings. The molecule has 2 aliphatic rings. The van der Waals surface area contributed by atoms with Gasteiger partial charge in [-0.15, -0.1) is 0 Å². The van der Waals surface area contributed by atoms with Gasteiger partial charge in [0.05, 0.1) is 18.6 Å². The summed E-state index contributed by atoms with van der Waals surface area (Å²) in [4.78, 5) is 11.5. The normalized spacial score (nSPS) is 31.1. The lowest BCUT2D eigenvalue weighted by atomic mass is 9.65. The summed E-state index contributed by atoms with van der Waals surface area (Å²) in [6.07, 6.45) is 1.71. The first-order chi connectivity index (χ1) is 13.9. The molecule has 1 aliphatic heterocycles. The van der Waals surface area contributed by atoms with Gasteiger partial charge in [0.15, 0.2) is 11.3 Å². The number of fused-ring (bicyclic) bond motifs is 3. The molecule has 0 bridgehead atoms. The Morgan fingerprint density at radius 1 is 1.21 bits per heavy atom. The lowest BCUT2D eigenvalue weighted by Crippen LogP contribution is -2.39. The SMILES string of the molecule is COc1ccc(C2(C#N)CCC3(CC2)OC3(Cl)C(=O)O)c2c1oc1ccccc12. The molecule has 3 aromatic rings. The van der Waals surface area contributed by atoms with Crippen molar-refractivity contribution >= 4 is 39.5 Å². The number of hydrogen-bond donors (Lipinski definition) is 1. The van der Waals surface area contributed by atoms with Crippen LogP contribution in [0.2, 0.25) is 0 Å². The average molecular weight is 412 g/mol. The van der Waals surface area contributed by atoms with Gasteiger partial charge >= 0.3 is 5.97 Å². The van der Waals surface area contributed by atoms with Gasteiger partial charge in [-0.1, -0.05) is 35.9 Å². The lowest BCUT2D eigenvalue weighted by Gasteiger charge is -2.35. The number of aliphatic carboxylic acids is 1. The molecule has 1 aliphatic carbocycles. The number of benzene rings is 2. The zero-order chi connectivity index (χ0) is 20.4. The minimum atomic E-state index is -1.67. The Morgan fingerprint density at radius 3 is 2.55 bits per heavy atom. The number of methoxy groups -OCH3 is 1. The Hall–Kier alpha value is -2.75. The zero-order valence-corrected chi connectivity index (χ0v) is 16.5. The van der Waals surface area contributed by atoms with Crippen LogP contribution in [0.5, 0.6) is 5.75 Å². The van der Waals surface area contributed by atoms with Crippen molar-refractivity contribution in [2.24, 2.45) is 0 Å². The third-order valence-electron chi connectivity index (χ3n) is 6.51. The second-order valence-corrected chi connectivity index (χ2v) is 8.34. The van der Waals surface area contributed by atoms with E-state index < -0.39 is 22.0 Å². The third kappa shape index (κ3) is 2.29. The quantitative estimate of drug-likeness (QED) is 0.495. The van der Waals surface area contributed by atoms with Crippen molar-refractivity contribution in [3.63, 3.8) is 0 Å². The molecule has 2 aromatic carbocycles. The van der Waals surface area contributed by atoms with Crippen LogP contribution in [0.3, 0.4) is 0 Å². The van der Waals surface area contributed by atoms with Crippen molar-refractivity contribution in [2.45, 2.75) is 41.8 Å². The van der Waals surface area contributed by atoms with E-state index in [1.165, 1.54) is 0 Å². The van der Waals surface area contributed by atoms with Gasteiger partial charge in [0.1, 0.15) is 11.2 Å². The topological polar surface area (TPSA) is 96.0 Å². The molecule has 0 radical (unpaired) electrons. The maximum atomic E-state index is 11.5. The summed E-state index contributed by atoms with van der Waals surface area (Å²) < 4.78 is 17.0. The second kappa shape index (κ2) is 5.88. The Bertz CT molecular complexity index is 1200. The molecule has 0 amide bonds. The van der Waals surface area contributed by atoms with Crippen LogP contribution in [0.1, 0.15) is 31.2 Å². The summed E-state index contributed by atoms with van der Waals surface area (Å²) in [6, 6.07) is 13.9. The molecular weight excluding hydrogens is 394 g/mol. The highest BCUT2D eigenvalue weighted by Crippen LogP contribution is 2.62. The van der Waals surface area contributed by atoms with Crippen molar-refractivity contribution in [3.05, 3.63) is 42.0 Å². The number of rotatable bonds is 3. The predicted octanol–water partition coefficient (Wildman–Crippen LogP) is 4.72. The maximum absolute atomic E-state index is 11.5. The van der Waals surface area contributed by atoms with Crippen LogP contribution in [0.4, 0.5) is 0 Å². The first-order valence-corrected chi connectivity index (χ1v) is 9.80. The molecular formula is C22H18ClNO5. The standard InChI is InChI=1S/C22H18ClNO5/c1-27-16-7-6-14(17-13-4-2-3-5-15(13)28-18(16)17)20(12-24)8-10-21(11-9-20)22(23,29-21)19(25)26/h2-7H,8-11H2,1H3,(H,25,26). The molecule has 1 spiro atoms. The van der Waals surface area contributed by atoms with E-state index in [4.69, 9.17) is 25.5 Å². The summed E-state index contributed by atoms with van der Waals surface area (Å²) in [5, 5.41) is 19.7. The lowest BCUT2D eigenvalue weighted by molar-refractivity contribution is -0.140. The van der Waals surface area contributed by atoms with Gasteiger partial charge in [0.25, 0.3) is 5.06 Å². The highest BCUT2D eigenvalue weighted by Gasteiger charge is 2.75. The van der Waals surface area contributed by atoms with Gasteiger partial charge < -0.3 is 19.0 Å². The van der Waals surface area contributed by atoms with Crippen molar-refractivity contribution in [1.82, 2.24) is 0 Å². The maximum Gasteiger partial charge on any atom is 0.355 e. The summed E-state index contributed by atoms with van der Waals surface area (Å²) in [7, 11) is 1.59. The van der Waals surface area contributed by atoms with Crippen molar-refractivity contribution in [2.75, 3.05) is 7.11 Å². The van der Waals surface area contributed by atoms with E-state index in [1.807, 2.05) is 36.4 Å². The largest absolute Gasteiger partial charge is 0.493 e. The number of ether oxygens (including phenoxy) is 2. The van der Waals surface area contributed by atoms with E-state index in [1.54, 1.807) is 7.11 Å². The summed E-state index contributed by atoms with van der Waals surface area (Å²) in [5.74, 6) is -0.562. The van der Waals surface area contributed by atoms with E-state index in [0.29, 0.717) is 37.0 Å². The number of hydrogen-bond acceptors (Lipinski definition) is 5. The fourth-order valence-electron chi connectivity index (χ4n) is 4.79. The van der Waals surface area contributed by atoms with Crippen molar-refractivity contribution in [3.8, 4) is 11.8 Å². The minimum Gasteiger partial charge on any atom is -0.493 e. The molecule has 1 unspecified atom stereocenters. The number of nitrogens with zero attached hydrogens (tertiary/aromatic N) is 1. The van der Waals surface area contributed by atoms with Crippen molar-refractivity contribution < 1.29 is 23.8 Å². The number of carboxylic acids is 1. The third-order valence-corrected chi connectivity index (χ3v) is 7.09. The van der Waals surface area contributed by atoms with Crippen LogP contribution in [-0.4, -0.2) is 28.8 Å². The summed E-state index contributed by atoms with van der Waals surface area (Å²) >= 11 is 6.16. The van der Waals surface area contributed by atoms with Gasteiger partial charge in [0, 0.05) is 10.8 Å². The van der Waals surface area contributed by atoms with Gasteiger partial charge in [0.2, 0.25) is 0 Å². The minimum absolute atomic E-state index is 0.402. The van der Waals surface area contributed by atoms with E-state index in [9.17, 15) is 15.2 Å². The Balaban J connectivity index is 1.64. The molecule has 6 nitrogen and oxygen atoms in total. The first kappa shape index (κ1) is 18.3. The molecule has 29 heavy (non-hydrogen) atoms. The highest BCUT2D eigenvalue weighted by molar-refractivity contribution is 6.35. The first-order valence-electron chi connectivity index (χ1n) is 9.42. The van der Waals surface area contributed by atoms with E-state index in [0.717, 1.165) is 21.9 Å². The van der Waals surface area contributed by atoms with Gasteiger partial charge in [-0.2, -0.15) is 5.26 Å². The van der Waals surface area contributed by atoms with Gasteiger partial charge in [-0.3, -0.25) is 0 Å². The number of alkyl halides is 1. The van der Waals surface area contributed by atoms with Crippen LogP contribution in [0.25, 0.3) is 21.9 Å². The molecule has 1 saturated carbocycles. The number of epoxide rings is 1. The molecule has 1 N–H and O–H groups in total. The number of para-hydroxylation sites is 1. The highest BCUT2D eigenvalue weighted by atomic mass is 35.5. The smallest absolute Gasteiger partial charge is 0.355 e. The van der Waals surface area contributed by atoms with Gasteiger partial charge in [-0.05, 0) is 43.4 Å². The molecule has 7 heteroatoms. The predicted molar refractivity (Wildman–Crippen MR) is 106 cm³/mol. The fourth-order valence-corrected chi connectivity index (χ4v) is 5.13. The molecule has 2 heterocycles. The molecule has 1 atom stereocenters. The van der Waals surface area contributed by atoms with Gasteiger partial charge in [-0.25, -0.2) is 4.79 Å². The summed E-state index contributed by atoms with van der Waals surface area (Å²) in [5.41, 5.74) is 0.521. The fraction of sp³-hybridized carbons (Fsp3) is 0.364. The Morgan fingerprint density at radius 2 is 1.93 bits per heavy atom. The van der Waals surface area contributed by atoms with E-state index in [2.05, 4.69) is 6.07 Å². The van der Waals surface area contributed by atoms with Crippen LogP contribution in [0, 0.1) is 11.3 Å². The number of carbonyl (C=O) groups is 1. The molecule has 148 valence electrons. The summed E-state index contributed by atoms with van der Waals surface area (Å²) in [6.45, 7) is 0.